The Bertz CT molecular complexity index is 473. The molecule has 2 nitrogen and oxygen atoms in total. The van der Waals surface area contributed by atoms with Gasteiger partial charge in [0.15, 0.2) is 0 Å². The molecule has 2 rings (SSSR count). The average molecular weight is 260 g/mol. The lowest BCUT2D eigenvalue weighted by Crippen LogP contribution is -1.83. The Kier molecular flexibility index (Phi) is 4.88. The van der Waals surface area contributed by atoms with Crippen LogP contribution in [0.2, 0.25) is 0 Å². The molecule has 0 saturated carbocycles. The van der Waals surface area contributed by atoms with Crippen molar-refractivity contribution in [1.82, 2.24) is 10.2 Å². The largest absolute Gasteiger partial charge is 0.147 e. The van der Waals surface area contributed by atoms with Gasteiger partial charge in [-0.25, -0.2) is 0 Å². The van der Waals surface area contributed by atoms with E-state index in [9.17, 15) is 0 Å². The van der Waals surface area contributed by atoms with E-state index in [0.717, 1.165) is 22.9 Å². The fourth-order valence-corrected chi connectivity index (χ4v) is 2.79. The average Bonchev–Trinajstić information content (AvgIpc) is 2.86. The van der Waals surface area contributed by atoms with Crippen molar-refractivity contribution < 1.29 is 0 Å². The van der Waals surface area contributed by atoms with Gasteiger partial charge in [0.1, 0.15) is 10.0 Å². The number of rotatable bonds is 6. The van der Waals surface area contributed by atoms with Crippen molar-refractivity contribution in [2.45, 2.75) is 46.0 Å². The summed E-state index contributed by atoms with van der Waals surface area (Å²) in [6, 6.07) is 8.72. The van der Waals surface area contributed by atoms with Gasteiger partial charge in [0.2, 0.25) is 0 Å². The molecule has 3 heteroatoms. The minimum Gasteiger partial charge on any atom is -0.143 e. The monoisotopic (exact) mass is 260 g/mol. The van der Waals surface area contributed by atoms with Crippen LogP contribution in [0.3, 0.4) is 0 Å². The van der Waals surface area contributed by atoms with E-state index in [2.05, 4.69) is 48.3 Å². The zero-order chi connectivity index (χ0) is 12.8. The van der Waals surface area contributed by atoms with Gasteiger partial charge in [-0.05, 0) is 18.4 Å². The third-order valence-electron chi connectivity index (χ3n) is 2.95. The summed E-state index contributed by atoms with van der Waals surface area (Å²) in [5.41, 5.74) is 2.59. The lowest BCUT2D eigenvalue weighted by atomic mass is 10.1. The predicted molar refractivity (Wildman–Crippen MR) is 78.0 cm³/mol. The number of unbranched alkanes of at least 4 members (excludes halogenated alkanes) is 1. The second-order valence-electron chi connectivity index (χ2n) is 4.55. The summed E-state index contributed by atoms with van der Waals surface area (Å²) in [5, 5.41) is 10.7. The van der Waals surface area contributed by atoms with Crippen molar-refractivity contribution in [2.75, 3.05) is 0 Å². The van der Waals surface area contributed by atoms with Crippen LogP contribution in [0.5, 0.6) is 0 Å². The number of benzene rings is 1. The molecule has 96 valence electrons. The highest BCUT2D eigenvalue weighted by Crippen LogP contribution is 2.24. The highest BCUT2D eigenvalue weighted by atomic mass is 32.1. The standard InChI is InChI=1S/C15H20N2S/c1-3-5-7-14-16-17-15(18-14)13-10-8-12(6-4-2)9-11-13/h8-11H,3-7H2,1-2H3. The fraction of sp³-hybridized carbons (Fsp3) is 0.467. The number of hydrogen-bond donors (Lipinski definition) is 0. The molecule has 0 aliphatic rings. The fourth-order valence-electron chi connectivity index (χ4n) is 1.90. The van der Waals surface area contributed by atoms with Gasteiger partial charge in [-0.15, -0.1) is 10.2 Å². The van der Waals surface area contributed by atoms with Gasteiger partial charge in [0.25, 0.3) is 0 Å². The second kappa shape index (κ2) is 6.64. The van der Waals surface area contributed by atoms with Crippen LogP contribution >= 0.6 is 11.3 Å². The van der Waals surface area contributed by atoms with Crippen LogP contribution in [0.4, 0.5) is 0 Å². The van der Waals surface area contributed by atoms with E-state index in [1.54, 1.807) is 11.3 Å². The normalized spacial score (nSPS) is 10.8. The Hall–Kier alpha value is -1.22. The number of aryl methyl sites for hydroxylation is 2. The molecule has 1 heterocycles. The molecule has 1 aromatic heterocycles. The predicted octanol–water partition coefficient (Wildman–Crippen LogP) is 4.50. The van der Waals surface area contributed by atoms with E-state index >= 15 is 0 Å². The second-order valence-corrected chi connectivity index (χ2v) is 5.61. The maximum atomic E-state index is 4.28. The quantitative estimate of drug-likeness (QED) is 0.764. The van der Waals surface area contributed by atoms with Gasteiger partial charge in [0.05, 0.1) is 0 Å². The SMILES string of the molecule is CCCCc1nnc(-c2ccc(CCC)cc2)s1. The summed E-state index contributed by atoms with van der Waals surface area (Å²) in [4.78, 5) is 0. The molecule has 18 heavy (non-hydrogen) atoms. The van der Waals surface area contributed by atoms with E-state index < -0.39 is 0 Å². The topological polar surface area (TPSA) is 25.8 Å². The lowest BCUT2D eigenvalue weighted by molar-refractivity contribution is 0.780. The number of nitrogens with zero attached hydrogens (tertiary/aromatic N) is 2. The van der Waals surface area contributed by atoms with Crippen molar-refractivity contribution in [3.8, 4) is 10.6 Å². The molecule has 0 fully saturated rings. The molecule has 0 N–H and O–H groups in total. The molecule has 0 spiro atoms. The summed E-state index contributed by atoms with van der Waals surface area (Å²) in [6.45, 7) is 4.41. The maximum absolute atomic E-state index is 4.28. The van der Waals surface area contributed by atoms with E-state index in [1.165, 1.54) is 30.4 Å². The molecule has 0 unspecified atom stereocenters. The van der Waals surface area contributed by atoms with Crippen LogP contribution in [0.15, 0.2) is 24.3 Å². The Balaban J connectivity index is 2.08. The Labute approximate surface area is 113 Å². The van der Waals surface area contributed by atoms with Gasteiger partial charge in [-0.2, -0.15) is 0 Å². The zero-order valence-corrected chi connectivity index (χ0v) is 12.0. The number of aromatic nitrogens is 2. The first-order valence-electron chi connectivity index (χ1n) is 6.75. The van der Waals surface area contributed by atoms with Crippen molar-refractivity contribution in [3.63, 3.8) is 0 Å². The molecule has 0 aliphatic carbocycles. The first-order valence-corrected chi connectivity index (χ1v) is 7.56. The Morgan fingerprint density at radius 3 is 2.39 bits per heavy atom. The zero-order valence-electron chi connectivity index (χ0n) is 11.1. The van der Waals surface area contributed by atoms with Crippen molar-refractivity contribution in [2.24, 2.45) is 0 Å². The van der Waals surface area contributed by atoms with Crippen LogP contribution in [-0.2, 0) is 12.8 Å². The minimum atomic E-state index is 1.05. The maximum Gasteiger partial charge on any atom is 0.147 e. The molecule has 0 saturated heterocycles. The van der Waals surface area contributed by atoms with Gasteiger partial charge in [0, 0.05) is 12.0 Å². The summed E-state index contributed by atoms with van der Waals surface area (Å²) in [6.07, 6.45) is 5.81. The van der Waals surface area contributed by atoms with E-state index in [-0.39, 0.29) is 0 Å². The first-order chi connectivity index (χ1) is 8.83. The van der Waals surface area contributed by atoms with Crippen molar-refractivity contribution in [1.29, 1.82) is 0 Å². The summed E-state index contributed by atoms with van der Waals surface area (Å²) >= 11 is 1.72. The van der Waals surface area contributed by atoms with Crippen molar-refractivity contribution in [3.05, 3.63) is 34.8 Å². The Morgan fingerprint density at radius 2 is 1.72 bits per heavy atom. The molecular weight excluding hydrogens is 240 g/mol. The van der Waals surface area contributed by atoms with Crippen LogP contribution < -0.4 is 0 Å². The molecule has 1 aromatic carbocycles. The molecule has 0 atom stereocenters. The molecular formula is C15H20N2S. The van der Waals surface area contributed by atoms with Crippen LogP contribution in [-0.4, -0.2) is 10.2 Å². The molecule has 2 aromatic rings. The molecule has 0 radical (unpaired) electrons. The third-order valence-corrected chi connectivity index (χ3v) is 3.98. The van der Waals surface area contributed by atoms with Crippen LogP contribution in [0, 0.1) is 0 Å². The summed E-state index contributed by atoms with van der Waals surface area (Å²) in [7, 11) is 0. The highest BCUT2D eigenvalue weighted by Gasteiger charge is 2.06. The van der Waals surface area contributed by atoms with Gasteiger partial charge >= 0.3 is 0 Å². The van der Waals surface area contributed by atoms with Gasteiger partial charge in [-0.3, -0.25) is 0 Å². The highest BCUT2D eigenvalue weighted by molar-refractivity contribution is 7.14. The van der Waals surface area contributed by atoms with Crippen LogP contribution in [0.1, 0.15) is 43.7 Å². The Morgan fingerprint density at radius 1 is 0.944 bits per heavy atom. The van der Waals surface area contributed by atoms with Gasteiger partial charge in [-0.1, -0.05) is 62.3 Å². The van der Waals surface area contributed by atoms with Crippen molar-refractivity contribution >= 4 is 11.3 Å². The van der Waals surface area contributed by atoms with E-state index in [0.29, 0.717) is 0 Å². The minimum absolute atomic E-state index is 1.05. The molecule has 0 bridgehead atoms. The summed E-state index contributed by atoms with van der Waals surface area (Å²) in [5.74, 6) is 0. The molecule has 0 aliphatic heterocycles. The van der Waals surface area contributed by atoms with E-state index in [4.69, 9.17) is 0 Å². The smallest absolute Gasteiger partial charge is 0.143 e. The number of hydrogen-bond acceptors (Lipinski definition) is 3. The molecule has 0 amide bonds. The first kappa shape index (κ1) is 13.2. The van der Waals surface area contributed by atoms with E-state index in [1.807, 2.05) is 0 Å². The lowest BCUT2D eigenvalue weighted by Gasteiger charge is -1.99. The third kappa shape index (κ3) is 3.39. The summed E-state index contributed by atoms with van der Waals surface area (Å²) < 4.78 is 0. The van der Waals surface area contributed by atoms with Gasteiger partial charge < -0.3 is 0 Å². The van der Waals surface area contributed by atoms with Crippen LogP contribution in [0.25, 0.3) is 10.6 Å².